The average molecular weight is 423 g/mol. The van der Waals surface area contributed by atoms with Crippen LogP contribution in [0.3, 0.4) is 0 Å². The van der Waals surface area contributed by atoms with E-state index in [1.54, 1.807) is 13.8 Å². The molecule has 0 radical (unpaired) electrons. The summed E-state index contributed by atoms with van der Waals surface area (Å²) in [6, 6.07) is 11.9. The number of pyridine rings is 1. The summed E-state index contributed by atoms with van der Waals surface area (Å²) in [6.07, 6.45) is 4.94. The normalized spacial score (nSPS) is 11.2. The Morgan fingerprint density at radius 3 is 2.61 bits per heavy atom. The van der Waals surface area contributed by atoms with Crippen LogP contribution in [0.15, 0.2) is 36.4 Å². The molecule has 1 unspecified atom stereocenters. The van der Waals surface area contributed by atoms with E-state index < -0.39 is 11.9 Å². The van der Waals surface area contributed by atoms with Crippen molar-refractivity contribution in [3.05, 3.63) is 53.3 Å². The van der Waals surface area contributed by atoms with E-state index in [-0.39, 0.29) is 29.6 Å². The van der Waals surface area contributed by atoms with Crippen LogP contribution in [0.1, 0.15) is 69.3 Å². The highest BCUT2D eigenvalue weighted by Gasteiger charge is 2.24. The lowest BCUT2D eigenvalue weighted by atomic mass is 10.0. The van der Waals surface area contributed by atoms with Gasteiger partial charge in [-0.2, -0.15) is 0 Å². The first kappa shape index (κ1) is 23.9. The van der Waals surface area contributed by atoms with Crippen molar-refractivity contribution in [2.75, 3.05) is 11.9 Å². The molecule has 31 heavy (non-hydrogen) atoms. The molecule has 0 aliphatic rings. The molecule has 0 aliphatic carbocycles. The van der Waals surface area contributed by atoms with Gasteiger partial charge in [0.25, 0.3) is 0 Å². The number of carbonyl (C=O) groups excluding carboxylic acids is 2. The van der Waals surface area contributed by atoms with E-state index in [0.29, 0.717) is 5.69 Å². The van der Waals surface area contributed by atoms with E-state index in [9.17, 15) is 14.7 Å². The summed E-state index contributed by atoms with van der Waals surface area (Å²) in [7, 11) is 0. The van der Waals surface area contributed by atoms with Crippen LogP contribution >= 0.6 is 0 Å². The summed E-state index contributed by atoms with van der Waals surface area (Å²) >= 11 is 0. The average Bonchev–Trinajstić information content (AvgIpc) is 2.75. The largest absolute Gasteiger partial charge is 0.504 e. The Labute approximate surface area is 184 Å². The molecule has 1 aromatic carbocycles. The standard InChI is InChI=1S/C25H30N2O4/c1-4-31-25(30)18(2)23-24(29)22(26-19(3)28)17-21(27-23)16-12-7-5-6-9-13-20-14-10-8-11-15-20/h8,10-11,14-15,17-18,29H,4-7,9,13H2,1-3H3,(H,26,27,28). The Hall–Kier alpha value is -3.33. The number of ether oxygens (including phenoxy) is 1. The van der Waals surface area contributed by atoms with Gasteiger partial charge in [0.05, 0.1) is 18.0 Å². The number of carbonyl (C=O) groups is 2. The number of aromatic hydroxyl groups is 1. The zero-order valence-corrected chi connectivity index (χ0v) is 18.4. The Kier molecular flexibility index (Phi) is 9.57. The topological polar surface area (TPSA) is 88.5 Å². The van der Waals surface area contributed by atoms with Crippen LogP contribution in [0.5, 0.6) is 5.75 Å². The molecule has 2 rings (SSSR count). The number of esters is 1. The molecule has 0 bridgehead atoms. The van der Waals surface area contributed by atoms with Crippen LogP contribution in [-0.4, -0.2) is 28.6 Å². The van der Waals surface area contributed by atoms with Crippen molar-refractivity contribution in [3.8, 4) is 17.6 Å². The summed E-state index contributed by atoms with van der Waals surface area (Å²) in [5.41, 5.74) is 2.05. The lowest BCUT2D eigenvalue weighted by Crippen LogP contribution is -2.16. The number of aromatic nitrogens is 1. The number of rotatable bonds is 9. The van der Waals surface area contributed by atoms with Gasteiger partial charge in [0.1, 0.15) is 11.6 Å². The molecule has 1 amide bonds. The van der Waals surface area contributed by atoms with Gasteiger partial charge in [-0.15, -0.1) is 0 Å². The van der Waals surface area contributed by atoms with Crippen molar-refractivity contribution in [1.82, 2.24) is 4.98 Å². The second-order valence-corrected chi connectivity index (χ2v) is 7.29. The van der Waals surface area contributed by atoms with Crippen LogP contribution in [0.2, 0.25) is 0 Å². The van der Waals surface area contributed by atoms with Crippen LogP contribution in [0, 0.1) is 11.8 Å². The smallest absolute Gasteiger partial charge is 0.314 e. The van der Waals surface area contributed by atoms with Crippen molar-refractivity contribution in [3.63, 3.8) is 0 Å². The number of unbranched alkanes of at least 4 members (excludes halogenated alkanes) is 3. The predicted molar refractivity (Wildman–Crippen MR) is 121 cm³/mol. The fourth-order valence-corrected chi connectivity index (χ4v) is 3.10. The number of hydrogen-bond donors (Lipinski definition) is 2. The lowest BCUT2D eigenvalue weighted by molar-refractivity contribution is -0.144. The van der Waals surface area contributed by atoms with Gasteiger partial charge in [0, 0.05) is 13.3 Å². The monoisotopic (exact) mass is 422 g/mol. The third-order valence-corrected chi connectivity index (χ3v) is 4.71. The minimum atomic E-state index is -0.785. The molecule has 2 N–H and O–H groups in total. The van der Waals surface area contributed by atoms with Gasteiger partial charge < -0.3 is 15.2 Å². The molecule has 1 aromatic heterocycles. The van der Waals surface area contributed by atoms with Gasteiger partial charge >= 0.3 is 5.97 Å². The summed E-state index contributed by atoms with van der Waals surface area (Å²) in [5.74, 6) is 4.21. The maximum atomic E-state index is 12.1. The second kappa shape index (κ2) is 12.4. The quantitative estimate of drug-likeness (QED) is 0.351. The number of nitrogens with one attached hydrogen (secondary N) is 1. The summed E-state index contributed by atoms with van der Waals surface area (Å²) in [5, 5.41) is 13.0. The van der Waals surface area contributed by atoms with Gasteiger partial charge in [-0.1, -0.05) is 42.7 Å². The zero-order chi connectivity index (χ0) is 22.6. The summed E-state index contributed by atoms with van der Waals surface area (Å²) in [4.78, 5) is 27.9. The zero-order valence-electron chi connectivity index (χ0n) is 18.4. The fraction of sp³-hybridized carbons (Fsp3) is 0.400. The molecule has 6 nitrogen and oxygen atoms in total. The Morgan fingerprint density at radius 2 is 1.94 bits per heavy atom. The van der Waals surface area contributed by atoms with Crippen molar-refractivity contribution >= 4 is 17.6 Å². The molecule has 1 heterocycles. The first-order valence-electron chi connectivity index (χ1n) is 10.6. The van der Waals surface area contributed by atoms with E-state index in [4.69, 9.17) is 4.74 Å². The van der Waals surface area contributed by atoms with Gasteiger partial charge in [-0.25, -0.2) is 4.98 Å². The highest BCUT2D eigenvalue weighted by molar-refractivity contribution is 5.91. The Bertz CT molecular complexity index is 945. The van der Waals surface area contributed by atoms with E-state index in [1.807, 2.05) is 6.07 Å². The lowest BCUT2D eigenvalue weighted by Gasteiger charge is -2.15. The maximum absolute atomic E-state index is 12.1. The predicted octanol–water partition coefficient (Wildman–Crippen LogP) is 4.57. The number of anilines is 1. The Balaban J connectivity index is 2.03. The van der Waals surface area contributed by atoms with Crippen LogP contribution in [-0.2, 0) is 20.7 Å². The molecule has 1 atom stereocenters. The molecule has 0 saturated carbocycles. The molecule has 2 aromatic rings. The third kappa shape index (κ3) is 7.78. The van der Waals surface area contributed by atoms with Gasteiger partial charge in [0.2, 0.25) is 5.91 Å². The first-order chi connectivity index (χ1) is 14.9. The number of aryl methyl sites for hydroxylation is 1. The molecule has 164 valence electrons. The number of hydrogen-bond acceptors (Lipinski definition) is 5. The van der Waals surface area contributed by atoms with Crippen molar-refractivity contribution in [2.24, 2.45) is 0 Å². The minimum absolute atomic E-state index is 0.136. The van der Waals surface area contributed by atoms with E-state index >= 15 is 0 Å². The van der Waals surface area contributed by atoms with Crippen molar-refractivity contribution < 1.29 is 19.4 Å². The highest BCUT2D eigenvalue weighted by atomic mass is 16.5. The van der Waals surface area contributed by atoms with E-state index in [1.165, 1.54) is 18.6 Å². The molecular weight excluding hydrogens is 392 g/mol. The van der Waals surface area contributed by atoms with Crippen LogP contribution in [0.25, 0.3) is 0 Å². The Morgan fingerprint density at radius 1 is 1.19 bits per heavy atom. The number of benzene rings is 1. The van der Waals surface area contributed by atoms with Gasteiger partial charge in [-0.05, 0) is 50.7 Å². The fourth-order valence-electron chi connectivity index (χ4n) is 3.10. The summed E-state index contributed by atoms with van der Waals surface area (Å²) in [6.45, 7) is 4.88. The summed E-state index contributed by atoms with van der Waals surface area (Å²) < 4.78 is 5.03. The maximum Gasteiger partial charge on any atom is 0.314 e. The first-order valence-corrected chi connectivity index (χ1v) is 10.6. The molecule has 0 aliphatic heterocycles. The van der Waals surface area contributed by atoms with Crippen LogP contribution in [0.4, 0.5) is 5.69 Å². The van der Waals surface area contributed by atoms with Gasteiger partial charge in [-0.3, -0.25) is 9.59 Å². The number of nitrogens with zero attached hydrogens (tertiary/aromatic N) is 1. The SMILES string of the molecule is CCOC(=O)C(C)c1nc(C#CCCCCCc2ccccc2)cc(NC(C)=O)c1O. The van der Waals surface area contributed by atoms with E-state index in [2.05, 4.69) is 46.4 Å². The van der Waals surface area contributed by atoms with Gasteiger partial charge in [0.15, 0.2) is 5.75 Å². The highest BCUT2D eigenvalue weighted by Crippen LogP contribution is 2.32. The minimum Gasteiger partial charge on any atom is -0.504 e. The van der Waals surface area contributed by atoms with Crippen molar-refractivity contribution in [1.29, 1.82) is 0 Å². The molecule has 6 heteroatoms. The molecule has 0 spiro atoms. The molecule has 0 saturated heterocycles. The number of amides is 1. The second-order valence-electron chi connectivity index (χ2n) is 7.29. The molecular formula is C25H30N2O4. The molecule has 0 fully saturated rings. The third-order valence-electron chi connectivity index (χ3n) is 4.71. The van der Waals surface area contributed by atoms with Crippen LogP contribution < -0.4 is 5.32 Å². The van der Waals surface area contributed by atoms with E-state index in [0.717, 1.165) is 32.1 Å². The van der Waals surface area contributed by atoms with Crippen molar-refractivity contribution in [2.45, 2.75) is 58.8 Å².